The topological polar surface area (TPSA) is 55.1 Å². The van der Waals surface area contributed by atoms with E-state index in [1.54, 1.807) is 7.05 Å². The van der Waals surface area contributed by atoms with E-state index in [4.69, 9.17) is 5.73 Å². The molecule has 3 heteroatoms. The Labute approximate surface area is 107 Å². The zero-order chi connectivity index (χ0) is 13.0. The fourth-order valence-corrected chi connectivity index (χ4v) is 2.17. The molecule has 0 aliphatic heterocycles. The van der Waals surface area contributed by atoms with Crippen LogP contribution in [0.3, 0.4) is 0 Å². The molecule has 0 bridgehead atoms. The third-order valence-corrected chi connectivity index (χ3v) is 3.09. The van der Waals surface area contributed by atoms with E-state index in [9.17, 15) is 4.79 Å². The molecular formula is C15H18N2O. The van der Waals surface area contributed by atoms with Crippen molar-refractivity contribution in [1.29, 1.82) is 0 Å². The van der Waals surface area contributed by atoms with Crippen LogP contribution in [-0.4, -0.2) is 19.0 Å². The summed E-state index contributed by atoms with van der Waals surface area (Å²) in [5.74, 6) is -0.0114. The molecule has 0 saturated heterocycles. The standard InChI is InChI=1S/C15H18N2O/c1-17-15(18)10-13(16)9-12-7-4-6-11-5-2-3-8-14(11)12/h2-8,13H,9-10,16H2,1H3,(H,17,18)/t13-/m1/s1. The summed E-state index contributed by atoms with van der Waals surface area (Å²) in [5.41, 5.74) is 7.21. The molecule has 2 aromatic rings. The fraction of sp³-hybridized carbons (Fsp3) is 0.267. The van der Waals surface area contributed by atoms with E-state index < -0.39 is 0 Å². The molecule has 2 rings (SSSR count). The molecule has 94 valence electrons. The number of fused-ring (bicyclic) bond motifs is 1. The Morgan fingerprint density at radius 2 is 1.94 bits per heavy atom. The molecule has 0 aliphatic carbocycles. The Morgan fingerprint density at radius 3 is 2.72 bits per heavy atom. The van der Waals surface area contributed by atoms with Gasteiger partial charge in [0.1, 0.15) is 0 Å². The van der Waals surface area contributed by atoms with Crippen molar-refractivity contribution in [1.82, 2.24) is 5.32 Å². The van der Waals surface area contributed by atoms with Gasteiger partial charge in [0, 0.05) is 19.5 Å². The molecule has 2 aromatic carbocycles. The molecule has 3 N–H and O–H groups in total. The molecule has 0 unspecified atom stereocenters. The van der Waals surface area contributed by atoms with Crippen LogP contribution < -0.4 is 11.1 Å². The van der Waals surface area contributed by atoms with E-state index in [0.717, 1.165) is 6.42 Å². The largest absolute Gasteiger partial charge is 0.359 e. The van der Waals surface area contributed by atoms with Crippen molar-refractivity contribution < 1.29 is 4.79 Å². The van der Waals surface area contributed by atoms with Crippen LogP contribution in [0, 0.1) is 0 Å². The number of nitrogens with two attached hydrogens (primary N) is 1. The van der Waals surface area contributed by atoms with E-state index in [2.05, 4.69) is 29.6 Å². The minimum atomic E-state index is -0.143. The molecule has 0 aromatic heterocycles. The predicted octanol–water partition coefficient (Wildman–Crippen LogP) is 1.85. The van der Waals surface area contributed by atoms with Gasteiger partial charge >= 0.3 is 0 Å². The van der Waals surface area contributed by atoms with Crippen molar-refractivity contribution in [2.45, 2.75) is 18.9 Å². The Hall–Kier alpha value is -1.87. The highest BCUT2D eigenvalue weighted by Crippen LogP contribution is 2.19. The average Bonchev–Trinajstić information content (AvgIpc) is 2.39. The molecule has 0 saturated carbocycles. The van der Waals surface area contributed by atoms with Crippen molar-refractivity contribution >= 4 is 16.7 Å². The fourth-order valence-electron chi connectivity index (χ4n) is 2.17. The smallest absolute Gasteiger partial charge is 0.221 e. The second kappa shape index (κ2) is 5.65. The maximum Gasteiger partial charge on any atom is 0.221 e. The summed E-state index contributed by atoms with van der Waals surface area (Å²) in [4.78, 5) is 11.3. The molecule has 0 aliphatic rings. The van der Waals surface area contributed by atoms with Gasteiger partial charge in [-0.15, -0.1) is 0 Å². The zero-order valence-corrected chi connectivity index (χ0v) is 10.5. The number of rotatable bonds is 4. The Bertz CT molecular complexity index is 546. The van der Waals surface area contributed by atoms with Gasteiger partial charge in [-0.05, 0) is 22.8 Å². The van der Waals surface area contributed by atoms with Crippen molar-refractivity contribution in [3.05, 3.63) is 48.0 Å². The first-order valence-electron chi connectivity index (χ1n) is 6.13. The Balaban J connectivity index is 2.19. The second-order valence-electron chi connectivity index (χ2n) is 4.48. The van der Waals surface area contributed by atoms with Crippen LogP contribution in [0.5, 0.6) is 0 Å². The number of hydrogen-bond donors (Lipinski definition) is 2. The zero-order valence-electron chi connectivity index (χ0n) is 10.5. The van der Waals surface area contributed by atoms with Crippen LogP contribution in [0.4, 0.5) is 0 Å². The lowest BCUT2D eigenvalue weighted by Gasteiger charge is -2.12. The van der Waals surface area contributed by atoms with Crippen LogP contribution in [0.25, 0.3) is 10.8 Å². The SMILES string of the molecule is CNC(=O)C[C@H](N)Cc1cccc2ccccc12. The van der Waals surface area contributed by atoms with Gasteiger partial charge in [0.15, 0.2) is 0 Å². The number of nitrogens with one attached hydrogen (secondary N) is 1. The highest BCUT2D eigenvalue weighted by molar-refractivity contribution is 5.85. The molecule has 1 amide bonds. The molecule has 0 fully saturated rings. The van der Waals surface area contributed by atoms with Gasteiger partial charge in [-0.2, -0.15) is 0 Å². The number of carbonyl (C=O) groups excluding carboxylic acids is 1. The summed E-state index contributed by atoms with van der Waals surface area (Å²) in [6, 6.07) is 14.3. The third-order valence-electron chi connectivity index (χ3n) is 3.09. The molecule has 18 heavy (non-hydrogen) atoms. The van der Waals surface area contributed by atoms with Crippen molar-refractivity contribution in [3.8, 4) is 0 Å². The lowest BCUT2D eigenvalue weighted by molar-refractivity contribution is -0.120. The summed E-state index contributed by atoms with van der Waals surface area (Å²) in [6.45, 7) is 0. The minimum absolute atomic E-state index is 0.0114. The van der Waals surface area contributed by atoms with Gasteiger partial charge in [0.2, 0.25) is 5.91 Å². The highest BCUT2D eigenvalue weighted by atomic mass is 16.1. The Kier molecular flexibility index (Phi) is 3.95. The number of amides is 1. The monoisotopic (exact) mass is 242 g/mol. The van der Waals surface area contributed by atoms with E-state index in [1.807, 2.05) is 18.2 Å². The molecule has 0 heterocycles. The van der Waals surface area contributed by atoms with Crippen molar-refractivity contribution in [3.63, 3.8) is 0 Å². The van der Waals surface area contributed by atoms with E-state index >= 15 is 0 Å². The van der Waals surface area contributed by atoms with Gasteiger partial charge in [0.25, 0.3) is 0 Å². The quantitative estimate of drug-likeness (QED) is 0.859. The molecule has 0 spiro atoms. The summed E-state index contributed by atoms with van der Waals surface area (Å²) >= 11 is 0. The second-order valence-corrected chi connectivity index (χ2v) is 4.48. The highest BCUT2D eigenvalue weighted by Gasteiger charge is 2.10. The number of hydrogen-bond acceptors (Lipinski definition) is 2. The van der Waals surface area contributed by atoms with Gasteiger partial charge in [-0.25, -0.2) is 0 Å². The molecule has 1 atom stereocenters. The van der Waals surface area contributed by atoms with Crippen LogP contribution in [0.2, 0.25) is 0 Å². The van der Waals surface area contributed by atoms with Crippen molar-refractivity contribution in [2.75, 3.05) is 7.05 Å². The first kappa shape index (κ1) is 12.6. The minimum Gasteiger partial charge on any atom is -0.359 e. The number of carbonyl (C=O) groups is 1. The summed E-state index contributed by atoms with van der Waals surface area (Å²) in [6.07, 6.45) is 1.08. The summed E-state index contributed by atoms with van der Waals surface area (Å²) < 4.78 is 0. The van der Waals surface area contributed by atoms with Gasteiger partial charge in [0.05, 0.1) is 0 Å². The van der Waals surface area contributed by atoms with Crippen LogP contribution in [0.1, 0.15) is 12.0 Å². The first-order valence-corrected chi connectivity index (χ1v) is 6.13. The van der Waals surface area contributed by atoms with Gasteiger partial charge in [-0.1, -0.05) is 42.5 Å². The summed E-state index contributed by atoms with van der Waals surface area (Å²) in [5, 5.41) is 5.03. The molecule has 3 nitrogen and oxygen atoms in total. The van der Waals surface area contributed by atoms with E-state index in [1.165, 1.54) is 16.3 Å². The summed E-state index contributed by atoms with van der Waals surface area (Å²) in [7, 11) is 1.63. The molecule has 0 radical (unpaired) electrons. The van der Waals surface area contributed by atoms with Crippen LogP contribution >= 0.6 is 0 Å². The molecular weight excluding hydrogens is 224 g/mol. The normalized spacial score (nSPS) is 12.3. The third kappa shape index (κ3) is 2.87. The van der Waals surface area contributed by atoms with Crippen molar-refractivity contribution in [2.24, 2.45) is 5.73 Å². The van der Waals surface area contributed by atoms with Crippen LogP contribution in [0.15, 0.2) is 42.5 Å². The average molecular weight is 242 g/mol. The van der Waals surface area contributed by atoms with Gasteiger partial charge < -0.3 is 11.1 Å². The predicted molar refractivity (Wildman–Crippen MR) is 74.3 cm³/mol. The lowest BCUT2D eigenvalue weighted by Crippen LogP contribution is -2.31. The van der Waals surface area contributed by atoms with E-state index in [-0.39, 0.29) is 11.9 Å². The van der Waals surface area contributed by atoms with Gasteiger partial charge in [-0.3, -0.25) is 4.79 Å². The maximum absolute atomic E-state index is 11.3. The van der Waals surface area contributed by atoms with Crippen LogP contribution in [-0.2, 0) is 11.2 Å². The lowest BCUT2D eigenvalue weighted by atomic mass is 9.98. The maximum atomic E-state index is 11.3. The Morgan fingerprint density at radius 1 is 1.22 bits per heavy atom. The first-order chi connectivity index (χ1) is 8.70. The number of benzene rings is 2. The van der Waals surface area contributed by atoms with E-state index in [0.29, 0.717) is 6.42 Å².